The van der Waals surface area contributed by atoms with Crippen molar-refractivity contribution in [3.63, 3.8) is 0 Å². The lowest BCUT2D eigenvalue weighted by molar-refractivity contribution is 0.229. The summed E-state index contributed by atoms with van der Waals surface area (Å²) in [5.41, 5.74) is 0.0288. The van der Waals surface area contributed by atoms with Crippen LogP contribution in [0, 0.1) is 5.41 Å². The van der Waals surface area contributed by atoms with Crippen LogP contribution >= 0.6 is 15.9 Å². The molecule has 1 aromatic heterocycles. The first-order chi connectivity index (χ1) is 8.17. The van der Waals surface area contributed by atoms with Crippen molar-refractivity contribution in [1.82, 2.24) is 9.55 Å². The van der Waals surface area contributed by atoms with E-state index in [1.165, 1.54) is 0 Å². The van der Waals surface area contributed by atoms with Crippen molar-refractivity contribution < 1.29 is 0 Å². The monoisotopic (exact) mass is 300 g/mol. The first kappa shape index (κ1) is 14.4. The number of hydrogen-bond donors (Lipinski definition) is 0. The molecule has 0 fully saturated rings. The molecule has 96 valence electrons. The van der Waals surface area contributed by atoms with Crippen LogP contribution in [0.3, 0.4) is 0 Å². The van der Waals surface area contributed by atoms with Crippen LogP contribution in [0.4, 0.5) is 0 Å². The Balaban J connectivity index is 2.92. The minimum atomic E-state index is -0.148. The zero-order chi connectivity index (χ0) is 12.7. The predicted molar refractivity (Wildman–Crippen MR) is 74.5 cm³/mol. The Kier molecular flexibility index (Phi) is 5.89. The van der Waals surface area contributed by atoms with Crippen LogP contribution in [-0.2, 0) is 6.54 Å². The molecule has 0 aliphatic heterocycles. The maximum absolute atomic E-state index is 11.7. The standard InChI is InChI=1S/C13H21BrN2O/c1-3-6-13(10-14,7-4-2)11-16-9-5-8-15-12(16)17/h5,8-9H,3-4,6-7,10-11H2,1-2H3. The molecule has 1 aromatic rings. The Morgan fingerprint density at radius 1 is 1.35 bits per heavy atom. The van der Waals surface area contributed by atoms with Gasteiger partial charge < -0.3 is 0 Å². The first-order valence-corrected chi connectivity index (χ1v) is 7.37. The molecular formula is C13H21BrN2O. The van der Waals surface area contributed by atoms with Crippen molar-refractivity contribution in [3.05, 3.63) is 28.9 Å². The molecule has 4 heteroatoms. The summed E-state index contributed by atoms with van der Waals surface area (Å²) in [5.74, 6) is 0. The minimum Gasteiger partial charge on any atom is -0.299 e. The molecule has 1 heterocycles. The van der Waals surface area contributed by atoms with Crippen molar-refractivity contribution in [2.45, 2.75) is 46.1 Å². The van der Waals surface area contributed by atoms with E-state index in [1.54, 1.807) is 10.8 Å². The van der Waals surface area contributed by atoms with Gasteiger partial charge in [-0.15, -0.1) is 0 Å². The molecule has 0 aliphatic carbocycles. The Hall–Kier alpha value is -0.640. The number of hydrogen-bond acceptors (Lipinski definition) is 2. The maximum Gasteiger partial charge on any atom is 0.347 e. The largest absolute Gasteiger partial charge is 0.347 e. The average Bonchev–Trinajstić information content (AvgIpc) is 2.33. The fourth-order valence-electron chi connectivity index (χ4n) is 2.39. The van der Waals surface area contributed by atoms with Crippen molar-refractivity contribution in [1.29, 1.82) is 0 Å². The Morgan fingerprint density at radius 2 is 2.00 bits per heavy atom. The molecule has 0 amide bonds. The molecule has 3 nitrogen and oxygen atoms in total. The molecule has 0 atom stereocenters. The third-order valence-corrected chi connectivity index (χ3v) is 4.32. The van der Waals surface area contributed by atoms with E-state index in [1.807, 2.05) is 12.3 Å². The van der Waals surface area contributed by atoms with Crippen LogP contribution in [0.15, 0.2) is 23.3 Å². The van der Waals surface area contributed by atoms with Gasteiger partial charge in [-0.1, -0.05) is 42.6 Å². The molecule has 0 saturated heterocycles. The summed E-state index contributed by atoms with van der Waals surface area (Å²) in [4.78, 5) is 15.5. The van der Waals surface area contributed by atoms with Crippen LogP contribution in [0.5, 0.6) is 0 Å². The summed E-state index contributed by atoms with van der Waals surface area (Å²) >= 11 is 3.62. The number of rotatable bonds is 7. The van der Waals surface area contributed by atoms with Gasteiger partial charge in [0.15, 0.2) is 0 Å². The SMILES string of the molecule is CCCC(CBr)(CCC)Cn1cccnc1=O. The lowest BCUT2D eigenvalue weighted by Crippen LogP contribution is -2.34. The van der Waals surface area contributed by atoms with Crippen LogP contribution in [0.25, 0.3) is 0 Å². The molecule has 17 heavy (non-hydrogen) atoms. The Labute approximate surface area is 111 Å². The van der Waals surface area contributed by atoms with E-state index in [0.717, 1.165) is 37.6 Å². The van der Waals surface area contributed by atoms with E-state index in [4.69, 9.17) is 0 Å². The van der Waals surface area contributed by atoms with Gasteiger partial charge in [0.05, 0.1) is 0 Å². The van der Waals surface area contributed by atoms with E-state index in [2.05, 4.69) is 34.8 Å². The van der Waals surface area contributed by atoms with Gasteiger partial charge in [-0.25, -0.2) is 9.78 Å². The molecule has 0 spiro atoms. The van der Waals surface area contributed by atoms with Gasteiger partial charge in [0.1, 0.15) is 0 Å². The highest BCUT2D eigenvalue weighted by Gasteiger charge is 2.28. The fraction of sp³-hybridized carbons (Fsp3) is 0.692. The normalized spacial score (nSPS) is 11.7. The van der Waals surface area contributed by atoms with E-state index in [-0.39, 0.29) is 11.1 Å². The summed E-state index contributed by atoms with van der Waals surface area (Å²) in [6.45, 7) is 5.14. The summed E-state index contributed by atoms with van der Waals surface area (Å²) in [6.07, 6.45) is 7.93. The maximum atomic E-state index is 11.7. The fourth-order valence-corrected chi connectivity index (χ4v) is 3.13. The van der Waals surface area contributed by atoms with Gasteiger partial charge in [-0.2, -0.15) is 0 Å². The molecule has 0 aliphatic rings. The van der Waals surface area contributed by atoms with Gasteiger partial charge in [0, 0.05) is 24.3 Å². The first-order valence-electron chi connectivity index (χ1n) is 6.25. The highest BCUT2D eigenvalue weighted by molar-refractivity contribution is 9.09. The second-order valence-corrected chi connectivity index (χ2v) is 5.22. The minimum absolute atomic E-state index is 0.148. The topological polar surface area (TPSA) is 34.9 Å². The number of nitrogens with zero attached hydrogens (tertiary/aromatic N) is 2. The molecule has 0 radical (unpaired) electrons. The van der Waals surface area contributed by atoms with Gasteiger partial charge >= 0.3 is 5.69 Å². The zero-order valence-electron chi connectivity index (χ0n) is 10.7. The van der Waals surface area contributed by atoms with Crippen LogP contribution in [0.2, 0.25) is 0 Å². The molecule has 0 saturated carbocycles. The van der Waals surface area contributed by atoms with Gasteiger partial charge in [0.25, 0.3) is 0 Å². The van der Waals surface area contributed by atoms with E-state index >= 15 is 0 Å². The quantitative estimate of drug-likeness (QED) is 0.725. The van der Waals surface area contributed by atoms with Gasteiger partial charge in [-0.3, -0.25) is 4.57 Å². The van der Waals surface area contributed by atoms with E-state index in [0.29, 0.717) is 0 Å². The predicted octanol–water partition coefficient (Wildman–Crippen LogP) is 3.22. The molecule has 0 N–H and O–H groups in total. The highest BCUT2D eigenvalue weighted by Crippen LogP contribution is 2.33. The Bertz CT molecular complexity index is 383. The van der Waals surface area contributed by atoms with Gasteiger partial charge in [-0.05, 0) is 24.3 Å². The lowest BCUT2D eigenvalue weighted by Gasteiger charge is -2.32. The second kappa shape index (κ2) is 6.94. The van der Waals surface area contributed by atoms with Crippen LogP contribution < -0.4 is 5.69 Å². The summed E-state index contributed by atoms with van der Waals surface area (Å²) in [5, 5.41) is 0.934. The molecule has 0 aromatic carbocycles. The number of halogens is 1. The van der Waals surface area contributed by atoms with E-state index in [9.17, 15) is 4.79 Å². The third-order valence-electron chi connectivity index (χ3n) is 3.13. The van der Waals surface area contributed by atoms with Crippen molar-refractivity contribution in [2.24, 2.45) is 5.41 Å². The van der Waals surface area contributed by atoms with Crippen molar-refractivity contribution in [3.8, 4) is 0 Å². The summed E-state index contributed by atoms with van der Waals surface area (Å²) in [6, 6.07) is 1.82. The molecule has 1 rings (SSSR count). The zero-order valence-corrected chi connectivity index (χ0v) is 12.2. The van der Waals surface area contributed by atoms with Gasteiger partial charge in [0.2, 0.25) is 0 Å². The van der Waals surface area contributed by atoms with Crippen LogP contribution in [0.1, 0.15) is 39.5 Å². The smallest absolute Gasteiger partial charge is 0.299 e. The second-order valence-electron chi connectivity index (χ2n) is 4.66. The highest BCUT2D eigenvalue weighted by atomic mass is 79.9. The number of aromatic nitrogens is 2. The molecule has 0 bridgehead atoms. The third kappa shape index (κ3) is 3.95. The van der Waals surface area contributed by atoms with E-state index < -0.39 is 0 Å². The lowest BCUT2D eigenvalue weighted by atomic mass is 9.81. The van der Waals surface area contributed by atoms with Crippen molar-refractivity contribution >= 4 is 15.9 Å². The summed E-state index contributed by atoms with van der Waals surface area (Å²) < 4.78 is 1.73. The number of alkyl halides is 1. The molecule has 0 unspecified atom stereocenters. The average molecular weight is 301 g/mol. The van der Waals surface area contributed by atoms with Crippen LogP contribution in [-0.4, -0.2) is 14.9 Å². The molecular weight excluding hydrogens is 280 g/mol. The Morgan fingerprint density at radius 3 is 2.47 bits per heavy atom. The summed E-state index contributed by atoms with van der Waals surface area (Å²) in [7, 11) is 0. The van der Waals surface area contributed by atoms with Crippen molar-refractivity contribution in [2.75, 3.05) is 5.33 Å².